The number of nitrogens with two attached hydrogens (primary N) is 1. The summed E-state index contributed by atoms with van der Waals surface area (Å²) in [5.41, 5.74) is 4.99. The summed E-state index contributed by atoms with van der Waals surface area (Å²) < 4.78 is 10.5. The van der Waals surface area contributed by atoms with E-state index in [9.17, 15) is 4.79 Å². The molecule has 0 radical (unpaired) electrons. The molecule has 0 saturated carbocycles. The number of hydrogen-bond acceptors (Lipinski definition) is 4. The molecular formula is C10H20N2O3. The van der Waals surface area contributed by atoms with Crippen molar-refractivity contribution in [2.75, 3.05) is 26.4 Å². The molecule has 88 valence electrons. The van der Waals surface area contributed by atoms with Gasteiger partial charge in [-0.3, -0.25) is 4.79 Å². The molecule has 0 aromatic carbocycles. The van der Waals surface area contributed by atoms with Gasteiger partial charge in [-0.05, 0) is 20.3 Å². The van der Waals surface area contributed by atoms with Crippen LogP contribution in [0, 0.1) is 0 Å². The Morgan fingerprint density at radius 1 is 1.73 bits per heavy atom. The van der Waals surface area contributed by atoms with Crippen molar-refractivity contribution in [3.05, 3.63) is 0 Å². The number of amides is 1. The molecule has 1 fully saturated rings. The molecule has 1 heterocycles. The van der Waals surface area contributed by atoms with Crippen molar-refractivity contribution in [3.8, 4) is 0 Å². The first kappa shape index (κ1) is 12.4. The molecule has 0 aliphatic carbocycles. The lowest BCUT2D eigenvalue weighted by Gasteiger charge is -2.28. The third-order valence-electron chi connectivity index (χ3n) is 2.81. The Morgan fingerprint density at radius 2 is 2.47 bits per heavy atom. The van der Waals surface area contributed by atoms with Crippen LogP contribution < -0.4 is 11.1 Å². The van der Waals surface area contributed by atoms with Crippen LogP contribution in [-0.4, -0.2) is 43.9 Å². The van der Waals surface area contributed by atoms with Crippen LogP contribution in [0.5, 0.6) is 0 Å². The number of rotatable bonds is 5. The highest BCUT2D eigenvalue weighted by atomic mass is 16.5. The molecular weight excluding hydrogens is 196 g/mol. The molecule has 2 atom stereocenters. The standard InChI is InChI=1S/C10H20N2O3/c1-8-10(2,3-5-15-8)12-9(13)7-14-6-4-11/h8H,3-7,11H2,1-2H3,(H,12,13). The lowest BCUT2D eigenvalue weighted by atomic mass is 9.95. The maximum absolute atomic E-state index is 11.5. The fourth-order valence-corrected chi connectivity index (χ4v) is 1.60. The SMILES string of the molecule is CC1OCCC1(C)NC(=O)COCCN. The van der Waals surface area contributed by atoms with Gasteiger partial charge in [0, 0.05) is 13.2 Å². The zero-order valence-electron chi connectivity index (χ0n) is 9.41. The maximum atomic E-state index is 11.5. The van der Waals surface area contributed by atoms with Gasteiger partial charge in [-0.1, -0.05) is 0 Å². The van der Waals surface area contributed by atoms with Crippen molar-refractivity contribution < 1.29 is 14.3 Å². The smallest absolute Gasteiger partial charge is 0.246 e. The number of carbonyl (C=O) groups is 1. The number of carbonyl (C=O) groups excluding carboxylic acids is 1. The second-order valence-corrected chi connectivity index (χ2v) is 4.07. The van der Waals surface area contributed by atoms with Crippen molar-refractivity contribution in [2.24, 2.45) is 5.73 Å². The van der Waals surface area contributed by atoms with E-state index < -0.39 is 0 Å². The minimum absolute atomic E-state index is 0.0518. The van der Waals surface area contributed by atoms with Crippen LogP contribution >= 0.6 is 0 Å². The van der Waals surface area contributed by atoms with Crippen LogP contribution in [-0.2, 0) is 14.3 Å². The van der Waals surface area contributed by atoms with E-state index in [-0.39, 0.29) is 24.2 Å². The van der Waals surface area contributed by atoms with Gasteiger partial charge < -0.3 is 20.5 Å². The molecule has 1 aliphatic rings. The first-order valence-corrected chi connectivity index (χ1v) is 5.29. The monoisotopic (exact) mass is 216 g/mol. The molecule has 0 spiro atoms. The van der Waals surface area contributed by atoms with Gasteiger partial charge in [0.1, 0.15) is 6.61 Å². The van der Waals surface area contributed by atoms with Crippen LogP contribution in [0.2, 0.25) is 0 Å². The van der Waals surface area contributed by atoms with Crippen LogP contribution in [0.25, 0.3) is 0 Å². The summed E-state index contributed by atoms with van der Waals surface area (Å²) >= 11 is 0. The van der Waals surface area contributed by atoms with Gasteiger partial charge in [0.15, 0.2) is 0 Å². The molecule has 5 heteroatoms. The van der Waals surface area contributed by atoms with E-state index in [1.807, 2.05) is 13.8 Å². The minimum Gasteiger partial charge on any atom is -0.376 e. The Morgan fingerprint density at radius 3 is 3.00 bits per heavy atom. The van der Waals surface area contributed by atoms with Gasteiger partial charge >= 0.3 is 0 Å². The maximum Gasteiger partial charge on any atom is 0.246 e. The predicted octanol–water partition coefficient (Wildman–Crippen LogP) is -0.355. The van der Waals surface area contributed by atoms with Crippen molar-refractivity contribution in [3.63, 3.8) is 0 Å². The summed E-state index contributed by atoms with van der Waals surface area (Å²) in [5, 5.41) is 2.93. The van der Waals surface area contributed by atoms with Crippen LogP contribution in [0.15, 0.2) is 0 Å². The van der Waals surface area contributed by atoms with E-state index in [4.69, 9.17) is 15.2 Å². The van der Waals surface area contributed by atoms with E-state index in [2.05, 4.69) is 5.32 Å². The van der Waals surface area contributed by atoms with Gasteiger partial charge in [0.25, 0.3) is 0 Å². The van der Waals surface area contributed by atoms with Crippen LogP contribution in [0.4, 0.5) is 0 Å². The van der Waals surface area contributed by atoms with Crippen LogP contribution in [0.3, 0.4) is 0 Å². The van der Waals surface area contributed by atoms with Crippen molar-refractivity contribution >= 4 is 5.91 Å². The second-order valence-electron chi connectivity index (χ2n) is 4.07. The highest BCUT2D eigenvalue weighted by Gasteiger charge is 2.38. The molecule has 15 heavy (non-hydrogen) atoms. The van der Waals surface area contributed by atoms with E-state index in [0.29, 0.717) is 19.8 Å². The van der Waals surface area contributed by atoms with Gasteiger partial charge in [0.2, 0.25) is 5.91 Å². The first-order chi connectivity index (χ1) is 7.08. The summed E-state index contributed by atoms with van der Waals surface area (Å²) in [5.74, 6) is -0.108. The number of ether oxygens (including phenoxy) is 2. The average Bonchev–Trinajstić information content (AvgIpc) is 2.47. The molecule has 5 nitrogen and oxygen atoms in total. The number of hydrogen-bond donors (Lipinski definition) is 2. The summed E-state index contributed by atoms with van der Waals surface area (Å²) in [7, 11) is 0. The third-order valence-corrected chi connectivity index (χ3v) is 2.81. The van der Waals surface area contributed by atoms with Gasteiger partial charge in [-0.25, -0.2) is 0 Å². The fourth-order valence-electron chi connectivity index (χ4n) is 1.60. The van der Waals surface area contributed by atoms with Crippen molar-refractivity contribution in [2.45, 2.75) is 31.9 Å². The highest BCUT2D eigenvalue weighted by Crippen LogP contribution is 2.24. The Balaban J connectivity index is 2.30. The van der Waals surface area contributed by atoms with Crippen LogP contribution in [0.1, 0.15) is 20.3 Å². The van der Waals surface area contributed by atoms with Crippen molar-refractivity contribution in [1.82, 2.24) is 5.32 Å². The molecule has 0 aromatic heterocycles. The Bertz CT molecular complexity index is 223. The summed E-state index contributed by atoms with van der Waals surface area (Å²) in [6, 6.07) is 0. The Hall–Kier alpha value is -0.650. The van der Waals surface area contributed by atoms with E-state index in [1.165, 1.54) is 0 Å². The molecule has 0 aromatic rings. The van der Waals surface area contributed by atoms with E-state index in [0.717, 1.165) is 6.42 Å². The van der Waals surface area contributed by atoms with Crippen molar-refractivity contribution in [1.29, 1.82) is 0 Å². The quantitative estimate of drug-likeness (QED) is 0.616. The minimum atomic E-state index is -0.261. The lowest BCUT2D eigenvalue weighted by molar-refractivity contribution is -0.128. The summed E-state index contributed by atoms with van der Waals surface area (Å²) in [6.07, 6.45) is 0.896. The Kier molecular flexibility index (Phi) is 4.50. The summed E-state index contributed by atoms with van der Waals surface area (Å²) in [6.45, 7) is 5.57. The van der Waals surface area contributed by atoms with Gasteiger partial charge in [-0.15, -0.1) is 0 Å². The van der Waals surface area contributed by atoms with E-state index >= 15 is 0 Å². The van der Waals surface area contributed by atoms with Gasteiger partial charge in [0.05, 0.1) is 18.2 Å². The second kappa shape index (κ2) is 5.44. The zero-order valence-corrected chi connectivity index (χ0v) is 9.41. The fraction of sp³-hybridized carbons (Fsp3) is 0.900. The summed E-state index contributed by atoms with van der Waals surface area (Å²) in [4.78, 5) is 11.5. The molecule has 3 N–H and O–H groups in total. The van der Waals surface area contributed by atoms with E-state index in [1.54, 1.807) is 0 Å². The lowest BCUT2D eigenvalue weighted by Crippen LogP contribution is -2.51. The predicted molar refractivity (Wildman–Crippen MR) is 56.5 cm³/mol. The molecule has 0 bridgehead atoms. The zero-order chi connectivity index (χ0) is 11.3. The Labute approximate surface area is 90.3 Å². The number of nitrogens with one attached hydrogen (secondary N) is 1. The molecule has 2 unspecified atom stereocenters. The first-order valence-electron chi connectivity index (χ1n) is 5.29. The molecule has 1 aliphatic heterocycles. The topological polar surface area (TPSA) is 73.6 Å². The molecule has 1 amide bonds. The van der Waals surface area contributed by atoms with Gasteiger partial charge in [-0.2, -0.15) is 0 Å². The highest BCUT2D eigenvalue weighted by molar-refractivity contribution is 5.78. The normalized spacial score (nSPS) is 30.5. The largest absolute Gasteiger partial charge is 0.376 e. The molecule has 1 saturated heterocycles. The molecule has 1 rings (SSSR count). The third kappa shape index (κ3) is 3.44. The average molecular weight is 216 g/mol.